The summed E-state index contributed by atoms with van der Waals surface area (Å²) in [6.45, 7) is 1.07. The van der Waals surface area contributed by atoms with E-state index in [1.54, 1.807) is 36.4 Å². The Bertz CT molecular complexity index is 1410. The molecule has 7 nitrogen and oxygen atoms in total. The summed E-state index contributed by atoms with van der Waals surface area (Å²) >= 11 is 0. The monoisotopic (exact) mass is 555 g/mol. The fourth-order valence-corrected chi connectivity index (χ4v) is 4.17. The molecule has 212 valence electrons. The number of benzene rings is 4. The second-order valence-corrected chi connectivity index (χ2v) is 9.86. The van der Waals surface area contributed by atoms with E-state index in [1.807, 2.05) is 79.7 Å². The van der Waals surface area contributed by atoms with Crippen molar-refractivity contribution in [2.75, 3.05) is 14.1 Å². The molecule has 0 bridgehead atoms. The molecule has 0 aliphatic carbocycles. The van der Waals surface area contributed by atoms with E-state index in [-0.39, 0.29) is 19.0 Å². The highest BCUT2D eigenvalue weighted by Gasteiger charge is 2.24. The van der Waals surface area contributed by atoms with Crippen LogP contribution >= 0.6 is 0 Å². The number of nitrogens with one attached hydrogen (secondary N) is 2. The standard InChI is InChI=1S/C33H34FN3O4/c1-37(2)21-28-19-26(13-18-30(28)34)20-35-32(38)31(36-33(39)41-23-25-11-7-4-8-12-25)27-14-16-29(17-15-27)40-22-24-9-5-3-6-10-24/h3-19,31H,20-23H2,1-2H3,(H,35,38)(H,36,39)/t31-/m0/s1. The molecule has 0 aliphatic rings. The van der Waals surface area contributed by atoms with Crippen LogP contribution in [0.2, 0.25) is 0 Å². The van der Waals surface area contributed by atoms with Gasteiger partial charge < -0.3 is 25.0 Å². The molecule has 0 aromatic heterocycles. The van der Waals surface area contributed by atoms with Crippen molar-refractivity contribution in [2.24, 2.45) is 0 Å². The Morgan fingerprint density at radius 3 is 2.07 bits per heavy atom. The van der Waals surface area contributed by atoms with Crippen molar-refractivity contribution in [1.29, 1.82) is 0 Å². The van der Waals surface area contributed by atoms with Gasteiger partial charge in [-0.3, -0.25) is 4.79 Å². The van der Waals surface area contributed by atoms with Gasteiger partial charge >= 0.3 is 6.09 Å². The molecule has 0 unspecified atom stereocenters. The topological polar surface area (TPSA) is 79.9 Å². The predicted molar refractivity (Wildman–Crippen MR) is 155 cm³/mol. The normalized spacial score (nSPS) is 11.5. The van der Waals surface area contributed by atoms with E-state index in [2.05, 4.69) is 10.6 Å². The minimum Gasteiger partial charge on any atom is -0.489 e. The van der Waals surface area contributed by atoms with E-state index in [0.29, 0.717) is 30.0 Å². The van der Waals surface area contributed by atoms with Gasteiger partial charge in [0.15, 0.2) is 0 Å². The van der Waals surface area contributed by atoms with E-state index in [0.717, 1.165) is 16.7 Å². The Morgan fingerprint density at radius 1 is 0.805 bits per heavy atom. The van der Waals surface area contributed by atoms with Crippen molar-refractivity contribution in [3.05, 3.63) is 137 Å². The maximum atomic E-state index is 14.2. The quantitative estimate of drug-likeness (QED) is 0.233. The molecule has 4 rings (SSSR count). The lowest BCUT2D eigenvalue weighted by Gasteiger charge is -2.20. The minimum atomic E-state index is -1.02. The number of carbonyl (C=O) groups excluding carboxylic acids is 2. The highest BCUT2D eigenvalue weighted by molar-refractivity contribution is 5.86. The molecule has 2 N–H and O–H groups in total. The van der Waals surface area contributed by atoms with Gasteiger partial charge in [-0.25, -0.2) is 9.18 Å². The van der Waals surface area contributed by atoms with Gasteiger partial charge in [-0.2, -0.15) is 0 Å². The zero-order valence-electron chi connectivity index (χ0n) is 23.2. The maximum absolute atomic E-state index is 14.2. The molecule has 0 fully saturated rings. The molecular formula is C33H34FN3O4. The minimum absolute atomic E-state index is 0.0670. The largest absolute Gasteiger partial charge is 0.489 e. The van der Waals surface area contributed by atoms with Gasteiger partial charge in [0, 0.05) is 18.7 Å². The van der Waals surface area contributed by atoms with Crippen molar-refractivity contribution >= 4 is 12.0 Å². The Hall–Kier alpha value is -4.69. The third-order valence-corrected chi connectivity index (χ3v) is 6.26. The van der Waals surface area contributed by atoms with E-state index >= 15 is 0 Å². The molecule has 41 heavy (non-hydrogen) atoms. The molecule has 0 saturated heterocycles. The number of nitrogens with zero attached hydrogens (tertiary/aromatic N) is 1. The summed E-state index contributed by atoms with van der Waals surface area (Å²) in [5.74, 6) is -0.106. The lowest BCUT2D eigenvalue weighted by atomic mass is 10.1. The van der Waals surface area contributed by atoms with Gasteiger partial charge in [-0.05, 0) is 60.6 Å². The molecular weight excluding hydrogens is 521 g/mol. The van der Waals surface area contributed by atoms with Gasteiger partial charge in [0.05, 0.1) is 0 Å². The van der Waals surface area contributed by atoms with Gasteiger partial charge in [-0.15, -0.1) is 0 Å². The smallest absolute Gasteiger partial charge is 0.408 e. The first-order chi connectivity index (χ1) is 19.9. The number of hydrogen-bond donors (Lipinski definition) is 2. The van der Waals surface area contributed by atoms with Gasteiger partial charge in [0.25, 0.3) is 0 Å². The fourth-order valence-electron chi connectivity index (χ4n) is 4.17. The van der Waals surface area contributed by atoms with Crippen LogP contribution in [0, 0.1) is 5.82 Å². The summed E-state index contributed by atoms with van der Waals surface area (Å²) < 4.78 is 25.4. The second-order valence-electron chi connectivity index (χ2n) is 9.86. The second kappa shape index (κ2) is 14.6. The molecule has 0 radical (unpaired) electrons. The lowest BCUT2D eigenvalue weighted by molar-refractivity contribution is -0.123. The zero-order chi connectivity index (χ0) is 29.0. The average molecular weight is 556 g/mol. The Kier molecular flexibility index (Phi) is 10.5. The number of alkyl carbamates (subject to hydrolysis) is 1. The van der Waals surface area contributed by atoms with Crippen LogP contribution in [0.5, 0.6) is 5.75 Å². The Morgan fingerprint density at radius 2 is 1.44 bits per heavy atom. The lowest BCUT2D eigenvalue weighted by Crippen LogP contribution is -2.40. The Balaban J connectivity index is 1.44. The number of rotatable bonds is 12. The highest BCUT2D eigenvalue weighted by Crippen LogP contribution is 2.20. The van der Waals surface area contributed by atoms with Gasteiger partial charge in [-0.1, -0.05) is 78.9 Å². The number of ether oxygens (including phenoxy) is 2. The first-order valence-electron chi connectivity index (χ1n) is 13.3. The molecule has 4 aromatic carbocycles. The van der Waals surface area contributed by atoms with E-state index in [4.69, 9.17) is 9.47 Å². The summed E-state index contributed by atoms with van der Waals surface area (Å²) in [6.07, 6.45) is -0.728. The molecule has 0 heterocycles. The highest BCUT2D eigenvalue weighted by atomic mass is 19.1. The van der Waals surface area contributed by atoms with Crippen LogP contribution in [0.1, 0.15) is 33.9 Å². The van der Waals surface area contributed by atoms with E-state index in [9.17, 15) is 14.0 Å². The summed E-state index contributed by atoms with van der Waals surface area (Å²) in [6, 6.07) is 29.8. The molecule has 0 saturated carbocycles. The van der Waals surface area contributed by atoms with Crippen molar-refractivity contribution < 1.29 is 23.5 Å². The molecule has 2 amide bonds. The molecule has 4 aromatic rings. The summed E-state index contributed by atoms with van der Waals surface area (Å²) in [7, 11) is 3.72. The van der Waals surface area contributed by atoms with Crippen LogP contribution in [-0.2, 0) is 35.8 Å². The van der Waals surface area contributed by atoms with Crippen LogP contribution < -0.4 is 15.4 Å². The van der Waals surface area contributed by atoms with Crippen molar-refractivity contribution in [3.8, 4) is 5.75 Å². The third-order valence-electron chi connectivity index (χ3n) is 6.26. The van der Waals surface area contributed by atoms with Crippen LogP contribution in [0.15, 0.2) is 103 Å². The van der Waals surface area contributed by atoms with Crippen molar-refractivity contribution in [3.63, 3.8) is 0 Å². The van der Waals surface area contributed by atoms with Crippen LogP contribution in [0.4, 0.5) is 9.18 Å². The number of amides is 2. The third kappa shape index (κ3) is 9.19. The Labute approximate surface area is 239 Å². The van der Waals surface area contributed by atoms with Gasteiger partial charge in [0.1, 0.15) is 30.8 Å². The van der Waals surface area contributed by atoms with E-state index < -0.39 is 18.0 Å². The van der Waals surface area contributed by atoms with Gasteiger partial charge in [0.2, 0.25) is 5.91 Å². The summed E-state index contributed by atoms with van der Waals surface area (Å²) in [4.78, 5) is 27.9. The summed E-state index contributed by atoms with van der Waals surface area (Å²) in [5.41, 5.74) is 3.69. The fraction of sp³-hybridized carbons (Fsp3) is 0.212. The average Bonchev–Trinajstić information content (AvgIpc) is 2.99. The van der Waals surface area contributed by atoms with Crippen LogP contribution in [0.25, 0.3) is 0 Å². The molecule has 0 aliphatic heterocycles. The van der Waals surface area contributed by atoms with Crippen molar-refractivity contribution in [2.45, 2.75) is 32.3 Å². The maximum Gasteiger partial charge on any atom is 0.408 e. The molecule has 0 spiro atoms. The molecule has 8 heteroatoms. The zero-order valence-corrected chi connectivity index (χ0v) is 23.2. The summed E-state index contributed by atoms with van der Waals surface area (Å²) in [5, 5.41) is 5.54. The number of carbonyl (C=O) groups is 2. The van der Waals surface area contributed by atoms with E-state index in [1.165, 1.54) is 6.07 Å². The molecule has 1 atom stereocenters. The first-order valence-corrected chi connectivity index (χ1v) is 13.3. The SMILES string of the molecule is CN(C)Cc1cc(CNC(=O)[C@@H](NC(=O)OCc2ccccc2)c2ccc(OCc3ccccc3)cc2)ccc1F. The van der Waals surface area contributed by atoms with Crippen molar-refractivity contribution in [1.82, 2.24) is 15.5 Å². The van der Waals surface area contributed by atoms with Crippen LogP contribution in [-0.4, -0.2) is 31.0 Å². The number of hydrogen-bond acceptors (Lipinski definition) is 5. The van der Waals surface area contributed by atoms with Crippen LogP contribution in [0.3, 0.4) is 0 Å². The first kappa shape index (κ1) is 29.3. The number of halogens is 1. The predicted octanol–water partition coefficient (Wildman–Crippen LogP) is 5.75.